The number of nitrogens with one attached hydrogen (secondary N) is 1. The van der Waals surface area contributed by atoms with Gasteiger partial charge in [0.2, 0.25) is 5.91 Å². The standard InChI is InChI=1S/C24H28N2O3/c1-4-14-25-24(28)22(5-2)29-20-12-11-18-13-15-26(17(3)27)23(21(18)16-20)19-9-7-6-8-10-19/h4,6-12,16,22-23H,1,5,13-15H2,2-3H3,(H,25,28)/t22-,23-/m1/s1. The summed E-state index contributed by atoms with van der Waals surface area (Å²) in [6.07, 6.45) is 2.43. The molecule has 5 nitrogen and oxygen atoms in total. The summed E-state index contributed by atoms with van der Waals surface area (Å²) >= 11 is 0. The van der Waals surface area contributed by atoms with Crippen LogP contribution in [-0.2, 0) is 16.0 Å². The number of carbonyl (C=O) groups excluding carboxylic acids is 2. The van der Waals surface area contributed by atoms with Crippen molar-refractivity contribution in [2.24, 2.45) is 0 Å². The fraction of sp³-hybridized carbons (Fsp3) is 0.333. The molecule has 0 unspecified atom stereocenters. The Bertz CT molecular complexity index is 879. The first kappa shape index (κ1) is 20.6. The van der Waals surface area contributed by atoms with Crippen LogP contribution in [0.5, 0.6) is 5.75 Å². The van der Waals surface area contributed by atoms with E-state index in [1.165, 1.54) is 5.56 Å². The van der Waals surface area contributed by atoms with E-state index in [4.69, 9.17) is 4.74 Å². The first-order chi connectivity index (χ1) is 14.0. The normalized spacial score (nSPS) is 16.5. The van der Waals surface area contributed by atoms with Gasteiger partial charge in [0.15, 0.2) is 6.10 Å². The zero-order valence-electron chi connectivity index (χ0n) is 17.1. The van der Waals surface area contributed by atoms with Gasteiger partial charge in [0.25, 0.3) is 5.91 Å². The lowest BCUT2D eigenvalue weighted by Gasteiger charge is -2.37. The lowest BCUT2D eigenvalue weighted by atomic mass is 9.88. The van der Waals surface area contributed by atoms with Crippen molar-refractivity contribution in [2.75, 3.05) is 13.1 Å². The molecule has 5 heteroatoms. The van der Waals surface area contributed by atoms with E-state index in [1.54, 1.807) is 13.0 Å². The van der Waals surface area contributed by atoms with Crippen LogP contribution in [0.1, 0.15) is 43.0 Å². The summed E-state index contributed by atoms with van der Waals surface area (Å²) in [7, 11) is 0. The van der Waals surface area contributed by atoms with E-state index in [-0.39, 0.29) is 17.9 Å². The van der Waals surface area contributed by atoms with Crippen LogP contribution >= 0.6 is 0 Å². The number of carbonyl (C=O) groups is 2. The number of hydrogen-bond acceptors (Lipinski definition) is 3. The molecule has 3 rings (SSSR count). The highest BCUT2D eigenvalue weighted by atomic mass is 16.5. The van der Waals surface area contributed by atoms with Crippen molar-refractivity contribution in [3.63, 3.8) is 0 Å². The van der Waals surface area contributed by atoms with Crippen molar-refractivity contribution in [3.8, 4) is 5.75 Å². The minimum atomic E-state index is -0.573. The molecule has 1 aliphatic rings. The van der Waals surface area contributed by atoms with Gasteiger partial charge in [-0.3, -0.25) is 9.59 Å². The number of hydrogen-bond donors (Lipinski definition) is 1. The Balaban J connectivity index is 1.93. The highest BCUT2D eigenvalue weighted by molar-refractivity contribution is 5.81. The van der Waals surface area contributed by atoms with E-state index in [2.05, 4.69) is 11.9 Å². The molecule has 1 N–H and O–H groups in total. The highest BCUT2D eigenvalue weighted by Gasteiger charge is 2.31. The van der Waals surface area contributed by atoms with Gasteiger partial charge in [-0.2, -0.15) is 0 Å². The maximum absolute atomic E-state index is 12.3. The number of nitrogens with zero attached hydrogens (tertiary/aromatic N) is 1. The van der Waals surface area contributed by atoms with E-state index < -0.39 is 6.10 Å². The third-order valence-corrected chi connectivity index (χ3v) is 5.23. The van der Waals surface area contributed by atoms with Gasteiger partial charge >= 0.3 is 0 Å². The summed E-state index contributed by atoms with van der Waals surface area (Å²) in [4.78, 5) is 26.5. The molecule has 0 bridgehead atoms. The second-order valence-electron chi connectivity index (χ2n) is 7.18. The number of benzene rings is 2. The van der Waals surface area contributed by atoms with Crippen molar-refractivity contribution in [1.29, 1.82) is 0 Å². The number of amides is 2. The smallest absolute Gasteiger partial charge is 0.261 e. The lowest BCUT2D eigenvalue weighted by Crippen LogP contribution is -2.39. The Labute approximate surface area is 172 Å². The molecule has 0 aliphatic carbocycles. The average molecular weight is 392 g/mol. The fourth-order valence-corrected chi connectivity index (χ4v) is 3.77. The minimum absolute atomic E-state index is 0.0473. The number of rotatable bonds is 7. The Hall–Kier alpha value is -3.08. The maximum Gasteiger partial charge on any atom is 0.261 e. The Morgan fingerprint density at radius 2 is 2.03 bits per heavy atom. The molecule has 152 valence electrons. The second kappa shape index (κ2) is 9.41. The Morgan fingerprint density at radius 3 is 2.69 bits per heavy atom. The molecule has 0 aromatic heterocycles. The zero-order valence-corrected chi connectivity index (χ0v) is 17.1. The summed E-state index contributed by atoms with van der Waals surface area (Å²) in [6, 6.07) is 15.8. The van der Waals surface area contributed by atoms with Crippen LogP contribution in [0, 0.1) is 0 Å². The molecule has 0 fully saturated rings. The SMILES string of the molecule is C=CCNC(=O)[C@@H](CC)Oc1ccc2c(c1)[C@@H](c1ccccc1)N(C(C)=O)CC2. The van der Waals surface area contributed by atoms with Crippen molar-refractivity contribution >= 4 is 11.8 Å². The van der Waals surface area contributed by atoms with Gasteiger partial charge in [-0.1, -0.05) is 49.4 Å². The number of ether oxygens (including phenoxy) is 1. The Kier molecular flexibility index (Phi) is 6.70. The van der Waals surface area contributed by atoms with Gasteiger partial charge in [0.05, 0.1) is 6.04 Å². The van der Waals surface area contributed by atoms with Crippen LogP contribution in [-0.4, -0.2) is 35.9 Å². The number of fused-ring (bicyclic) bond motifs is 1. The van der Waals surface area contributed by atoms with Gasteiger partial charge in [-0.05, 0) is 41.7 Å². The summed E-state index contributed by atoms with van der Waals surface area (Å²) < 4.78 is 6.02. The molecule has 2 atom stereocenters. The molecule has 2 aromatic carbocycles. The van der Waals surface area contributed by atoms with Crippen LogP contribution in [0.2, 0.25) is 0 Å². The van der Waals surface area contributed by atoms with Crippen molar-refractivity contribution in [1.82, 2.24) is 10.2 Å². The van der Waals surface area contributed by atoms with Crippen molar-refractivity contribution < 1.29 is 14.3 Å². The van der Waals surface area contributed by atoms with Crippen LogP contribution in [0.25, 0.3) is 0 Å². The molecule has 0 radical (unpaired) electrons. The van der Waals surface area contributed by atoms with Gasteiger partial charge in [0.1, 0.15) is 5.75 Å². The maximum atomic E-state index is 12.3. The van der Waals surface area contributed by atoms with Crippen molar-refractivity contribution in [3.05, 3.63) is 77.9 Å². The highest BCUT2D eigenvalue weighted by Crippen LogP contribution is 2.37. The largest absolute Gasteiger partial charge is 0.481 e. The van der Waals surface area contributed by atoms with E-state index in [0.717, 1.165) is 17.5 Å². The summed E-state index contributed by atoms with van der Waals surface area (Å²) in [5.74, 6) is 0.525. The average Bonchev–Trinajstić information content (AvgIpc) is 2.75. The molecule has 1 heterocycles. The predicted molar refractivity (Wildman–Crippen MR) is 114 cm³/mol. The van der Waals surface area contributed by atoms with E-state index in [9.17, 15) is 9.59 Å². The second-order valence-corrected chi connectivity index (χ2v) is 7.18. The summed E-state index contributed by atoms with van der Waals surface area (Å²) in [6.45, 7) is 8.24. The van der Waals surface area contributed by atoms with Crippen LogP contribution < -0.4 is 10.1 Å². The third-order valence-electron chi connectivity index (χ3n) is 5.23. The summed E-state index contributed by atoms with van der Waals surface area (Å²) in [5, 5.41) is 2.79. The zero-order chi connectivity index (χ0) is 20.8. The predicted octanol–water partition coefficient (Wildman–Crippen LogP) is 3.64. The molecular formula is C24H28N2O3. The quantitative estimate of drug-likeness (QED) is 0.732. The molecule has 0 saturated heterocycles. The minimum Gasteiger partial charge on any atom is -0.481 e. The van der Waals surface area contributed by atoms with Crippen LogP contribution in [0.15, 0.2) is 61.2 Å². The van der Waals surface area contributed by atoms with Gasteiger partial charge < -0.3 is 15.0 Å². The Morgan fingerprint density at radius 1 is 1.28 bits per heavy atom. The van der Waals surface area contributed by atoms with E-state index >= 15 is 0 Å². The molecule has 29 heavy (non-hydrogen) atoms. The molecule has 2 amide bonds. The molecular weight excluding hydrogens is 364 g/mol. The molecule has 2 aromatic rings. The summed E-state index contributed by atoms with van der Waals surface area (Å²) in [5.41, 5.74) is 3.32. The van der Waals surface area contributed by atoms with Gasteiger partial charge in [-0.25, -0.2) is 0 Å². The van der Waals surface area contributed by atoms with Crippen LogP contribution in [0.4, 0.5) is 0 Å². The molecule has 0 saturated carbocycles. The molecule has 0 spiro atoms. The topological polar surface area (TPSA) is 58.6 Å². The monoisotopic (exact) mass is 392 g/mol. The fourth-order valence-electron chi connectivity index (χ4n) is 3.77. The molecule has 1 aliphatic heterocycles. The third kappa shape index (κ3) is 4.67. The van der Waals surface area contributed by atoms with Crippen molar-refractivity contribution in [2.45, 2.75) is 38.8 Å². The van der Waals surface area contributed by atoms with E-state index in [0.29, 0.717) is 25.3 Å². The van der Waals surface area contributed by atoms with Gasteiger partial charge in [0, 0.05) is 20.0 Å². The first-order valence-corrected chi connectivity index (χ1v) is 10.0. The lowest BCUT2D eigenvalue weighted by molar-refractivity contribution is -0.131. The van der Waals surface area contributed by atoms with Gasteiger partial charge in [-0.15, -0.1) is 6.58 Å². The van der Waals surface area contributed by atoms with E-state index in [1.807, 2.05) is 60.4 Å². The van der Waals surface area contributed by atoms with Crippen LogP contribution in [0.3, 0.4) is 0 Å². The first-order valence-electron chi connectivity index (χ1n) is 10.0.